The minimum atomic E-state index is -0.184. The number of hydrogen-bond donors (Lipinski definition) is 1. The summed E-state index contributed by atoms with van der Waals surface area (Å²) in [4.78, 5) is 14.4. The van der Waals surface area contributed by atoms with Crippen LogP contribution in [0.2, 0.25) is 0 Å². The number of carbonyl (C=O) groups excluding carboxylic acids is 1. The predicted molar refractivity (Wildman–Crippen MR) is 111 cm³/mol. The molecule has 1 aromatic heterocycles. The average molecular weight is 364 g/mol. The Labute approximate surface area is 159 Å². The van der Waals surface area contributed by atoms with Gasteiger partial charge in [-0.05, 0) is 55.3 Å². The number of amides is 1. The first-order chi connectivity index (χ1) is 12.9. The second kappa shape index (κ2) is 7.58. The van der Waals surface area contributed by atoms with Crippen LogP contribution in [-0.4, -0.2) is 27.1 Å². The molecule has 0 atom stereocenters. The van der Waals surface area contributed by atoms with Crippen LogP contribution in [0.5, 0.6) is 5.75 Å². The van der Waals surface area contributed by atoms with Crippen LogP contribution in [0, 0.1) is 6.92 Å². The number of hydrogen-bond acceptors (Lipinski definition) is 4. The molecule has 5 heteroatoms. The van der Waals surface area contributed by atoms with Crippen molar-refractivity contribution in [3.8, 4) is 5.75 Å². The molecule has 0 unspecified atom stereocenters. The molecule has 1 heterocycles. The van der Waals surface area contributed by atoms with Gasteiger partial charge in [0.25, 0.3) is 0 Å². The highest BCUT2D eigenvalue weighted by atomic mass is 16.5. The zero-order chi connectivity index (χ0) is 19.6. The van der Waals surface area contributed by atoms with E-state index in [-0.39, 0.29) is 5.91 Å². The topological polar surface area (TPSA) is 54.7 Å². The van der Waals surface area contributed by atoms with Gasteiger partial charge in [0.05, 0.1) is 13.4 Å². The van der Waals surface area contributed by atoms with Gasteiger partial charge < -0.3 is 19.4 Å². The summed E-state index contributed by atoms with van der Waals surface area (Å²) in [6.45, 7) is 3.89. The largest absolute Gasteiger partial charge is 0.496 e. The van der Waals surface area contributed by atoms with Gasteiger partial charge in [-0.15, -0.1) is 0 Å². The summed E-state index contributed by atoms with van der Waals surface area (Å²) >= 11 is 0. The summed E-state index contributed by atoms with van der Waals surface area (Å²) in [7, 11) is 5.57. The van der Waals surface area contributed by atoms with Gasteiger partial charge in [-0.3, -0.25) is 4.79 Å². The number of anilines is 2. The smallest absolute Gasteiger partial charge is 0.248 e. The van der Waals surface area contributed by atoms with Gasteiger partial charge in [0.2, 0.25) is 5.91 Å². The van der Waals surface area contributed by atoms with Crippen LogP contribution in [0.25, 0.3) is 16.5 Å². The first-order valence-electron chi connectivity index (χ1n) is 8.72. The summed E-state index contributed by atoms with van der Waals surface area (Å²) < 4.78 is 11.0. The van der Waals surface area contributed by atoms with Gasteiger partial charge in [-0.1, -0.05) is 0 Å². The number of fused-ring (bicyclic) bond motifs is 1. The van der Waals surface area contributed by atoms with Crippen LogP contribution >= 0.6 is 0 Å². The van der Waals surface area contributed by atoms with Crippen LogP contribution in [0.15, 0.2) is 53.2 Å². The molecule has 0 fully saturated rings. The molecule has 0 saturated carbocycles. The third-order valence-electron chi connectivity index (χ3n) is 4.51. The van der Waals surface area contributed by atoms with Crippen molar-refractivity contribution in [2.75, 3.05) is 31.4 Å². The number of nitrogens with zero attached hydrogens (tertiary/aromatic N) is 1. The second-order valence-electron chi connectivity index (χ2n) is 6.73. The molecule has 1 amide bonds. The van der Waals surface area contributed by atoms with Crippen molar-refractivity contribution < 1.29 is 13.9 Å². The second-order valence-corrected chi connectivity index (χ2v) is 6.73. The Balaban J connectivity index is 1.84. The van der Waals surface area contributed by atoms with Crippen LogP contribution in [0.1, 0.15) is 18.1 Å². The first kappa shape index (κ1) is 18.6. The van der Waals surface area contributed by atoms with Crippen molar-refractivity contribution in [1.29, 1.82) is 0 Å². The van der Waals surface area contributed by atoms with Crippen molar-refractivity contribution in [1.82, 2.24) is 0 Å². The molecule has 0 bridgehead atoms. The maximum Gasteiger partial charge on any atom is 0.248 e. The van der Waals surface area contributed by atoms with Gasteiger partial charge in [-0.2, -0.15) is 0 Å². The fourth-order valence-corrected chi connectivity index (χ4v) is 2.95. The van der Waals surface area contributed by atoms with Gasteiger partial charge in [-0.25, -0.2) is 0 Å². The van der Waals surface area contributed by atoms with E-state index >= 15 is 0 Å². The normalized spacial score (nSPS) is 11.5. The van der Waals surface area contributed by atoms with Crippen LogP contribution in [0.4, 0.5) is 11.4 Å². The molecule has 3 rings (SSSR count). The number of methoxy groups -OCH3 is 1. The third-order valence-corrected chi connectivity index (χ3v) is 4.51. The van der Waals surface area contributed by atoms with E-state index in [4.69, 9.17) is 9.15 Å². The summed E-state index contributed by atoms with van der Waals surface area (Å²) in [5.74, 6) is 0.491. The monoisotopic (exact) mass is 364 g/mol. The zero-order valence-corrected chi connectivity index (χ0v) is 16.3. The standard InChI is InChI=1S/C22H24N2O3/c1-14(10-22(25)23-16-6-8-17(9-7-16)24(3)4)18-11-19-15(2)13-27-21(19)12-20(18)26-5/h6-13H,1-5H3,(H,23,25)/b14-10+. The maximum absolute atomic E-state index is 12.4. The van der Waals surface area contributed by atoms with Crippen molar-refractivity contribution in [2.45, 2.75) is 13.8 Å². The lowest BCUT2D eigenvalue weighted by atomic mass is 10.0. The number of furan rings is 1. The van der Waals surface area contributed by atoms with E-state index in [1.54, 1.807) is 19.4 Å². The van der Waals surface area contributed by atoms with E-state index in [0.717, 1.165) is 39.0 Å². The number of nitrogens with one attached hydrogen (secondary N) is 1. The van der Waals surface area contributed by atoms with Crippen molar-refractivity contribution in [3.63, 3.8) is 0 Å². The van der Waals surface area contributed by atoms with E-state index in [0.29, 0.717) is 5.75 Å². The third kappa shape index (κ3) is 3.97. The Bertz CT molecular complexity index is 998. The van der Waals surface area contributed by atoms with Crippen molar-refractivity contribution in [2.24, 2.45) is 0 Å². The lowest BCUT2D eigenvalue weighted by Crippen LogP contribution is -2.10. The first-order valence-corrected chi connectivity index (χ1v) is 8.72. The molecule has 5 nitrogen and oxygen atoms in total. The van der Waals surface area contributed by atoms with Crippen LogP contribution in [-0.2, 0) is 4.79 Å². The molecule has 1 N–H and O–H groups in total. The molecule has 0 spiro atoms. The van der Waals surface area contributed by atoms with Crippen LogP contribution < -0.4 is 15.0 Å². The minimum absolute atomic E-state index is 0.184. The van der Waals surface area contributed by atoms with E-state index in [9.17, 15) is 4.79 Å². The van der Waals surface area contributed by atoms with E-state index in [2.05, 4.69) is 5.32 Å². The Kier molecular flexibility index (Phi) is 5.21. The molecule has 0 aliphatic heterocycles. The Morgan fingerprint density at radius 3 is 2.52 bits per heavy atom. The lowest BCUT2D eigenvalue weighted by molar-refractivity contribution is -0.111. The molecular weight excluding hydrogens is 340 g/mol. The minimum Gasteiger partial charge on any atom is -0.496 e. The van der Waals surface area contributed by atoms with Gasteiger partial charge >= 0.3 is 0 Å². The number of benzene rings is 2. The molecule has 0 aliphatic carbocycles. The highest BCUT2D eigenvalue weighted by Crippen LogP contribution is 2.33. The van der Waals surface area contributed by atoms with E-state index in [1.165, 1.54) is 0 Å². The maximum atomic E-state index is 12.4. The Morgan fingerprint density at radius 2 is 1.89 bits per heavy atom. The number of aryl methyl sites for hydroxylation is 1. The summed E-state index contributed by atoms with van der Waals surface area (Å²) in [6, 6.07) is 11.6. The number of allylic oxidation sites excluding steroid dienone is 1. The summed E-state index contributed by atoms with van der Waals surface area (Å²) in [5.41, 5.74) is 5.33. The Morgan fingerprint density at radius 1 is 1.19 bits per heavy atom. The molecule has 0 radical (unpaired) electrons. The Hall–Kier alpha value is -3.21. The zero-order valence-electron chi connectivity index (χ0n) is 16.3. The number of ether oxygens (including phenoxy) is 1. The van der Waals surface area contributed by atoms with Crippen molar-refractivity contribution >= 4 is 33.8 Å². The van der Waals surface area contributed by atoms with Gasteiger partial charge in [0.15, 0.2) is 0 Å². The molecule has 0 saturated heterocycles. The lowest BCUT2D eigenvalue weighted by Gasteiger charge is -2.13. The van der Waals surface area contributed by atoms with Crippen molar-refractivity contribution in [3.05, 3.63) is 59.9 Å². The quantitative estimate of drug-likeness (QED) is 0.657. The van der Waals surface area contributed by atoms with Gasteiger partial charge in [0, 0.05) is 48.6 Å². The number of rotatable bonds is 5. The summed E-state index contributed by atoms with van der Waals surface area (Å²) in [6.07, 6.45) is 3.30. The van der Waals surface area contributed by atoms with Crippen LogP contribution in [0.3, 0.4) is 0 Å². The predicted octanol–water partition coefficient (Wildman–Crippen LogP) is 4.86. The molecule has 2 aromatic carbocycles. The SMILES string of the molecule is COc1cc2occ(C)c2cc1/C(C)=C/C(=O)Nc1ccc(N(C)C)cc1. The summed E-state index contributed by atoms with van der Waals surface area (Å²) in [5, 5.41) is 3.91. The molecule has 0 aliphatic rings. The van der Waals surface area contributed by atoms with E-state index in [1.807, 2.05) is 69.2 Å². The molecule has 27 heavy (non-hydrogen) atoms. The van der Waals surface area contributed by atoms with Gasteiger partial charge in [0.1, 0.15) is 11.3 Å². The highest BCUT2D eigenvalue weighted by molar-refractivity contribution is 6.04. The molecule has 3 aromatic rings. The molecule has 140 valence electrons. The fourth-order valence-electron chi connectivity index (χ4n) is 2.95. The molecular formula is C22H24N2O3. The van der Waals surface area contributed by atoms with E-state index < -0.39 is 0 Å². The average Bonchev–Trinajstić information content (AvgIpc) is 3.01. The highest BCUT2D eigenvalue weighted by Gasteiger charge is 2.12. The number of carbonyl (C=O) groups is 1. The fraction of sp³-hybridized carbons (Fsp3) is 0.227.